The second kappa shape index (κ2) is 10.1. The normalized spacial score (nSPS) is 23.2. The van der Waals surface area contributed by atoms with E-state index in [9.17, 15) is 15.3 Å². The van der Waals surface area contributed by atoms with Crippen molar-refractivity contribution >= 4 is 34.4 Å². The number of thioether (sulfide) groups is 1. The fraction of sp³-hybridized carbons (Fsp3) is 0.500. The van der Waals surface area contributed by atoms with E-state index in [-0.39, 0.29) is 0 Å². The van der Waals surface area contributed by atoms with Crippen LogP contribution in [0.15, 0.2) is 41.8 Å². The topological polar surface area (TPSA) is 117 Å². The first kappa shape index (κ1) is 22.9. The van der Waals surface area contributed by atoms with Crippen molar-refractivity contribution in [3.05, 3.63) is 36.7 Å². The van der Waals surface area contributed by atoms with Crippen LogP contribution in [0.2, 0.25) is 0 Å². The van der Waals surface area contributed by atoms with E-state index < -0.39 is 31.1 Å². The molecule has 0 unspecified atom stereocenters. The van der Waals surface area contributed by atoms with Gasteiger partial charge in [0.05, 0.1) is 12.9 Å². The molecule has 1 aliphatic rings. The van der Waals surface area contributed by atoms with Crippen molar-refractivity contribution in [3.63, 3.8) is 0 Å². The zero-order chi connectivity index (χ0) is 22.7. The van der Waals surface area contributed by atoms with Gasteiger partial charge in [0.2, 0.25) is 0 Å². The minimum atomic E-state index is -1.21. The minimum absolute atomic E-state index is 0.392. The van der Waals surface area contributed by atoms with Crippen LogP contribution in [0.1, 0.15) is 32.9 Å². The van der Waals surface area contributed by atoms with Crippen molar-refractivity contribution in [1.29, 1.82) is 0 Å². The summed E-state index contributed by atoms with van der Waals surface area (Å²) in [5, 5.41) is 30.8. The molecule has 0 bridgehead atoms. The zero-order valence-electron chi connectivity index (χ0n) is 18.2. The lowest BCUT2D eigenvalue weighted by Crippen LogP contribution is -2.33. The maximum Gasteiger partial charge on any atom is 0.191 e. The number of aromatic nitrogens is 4. The molecule has 1 saturated heterocycles. The fourth-order valence-corrected chi connectivity index (χ4v) is 4.72. The summed E-state index contributed by atoms with van der Waals surface area (Å²) in [5.41, 5.74) is 2.08. The van der Waals surface area contributed by atoms with E-state index in [2.05, 4.69) is 16.8 Å². The summed E-state index contributed by atoms with van der Waals surface area (Å²) >= 11 is 1.58. The van der Waals surface area contributed by atoms with E-state index >= 15 is 0 Å². The third-order valence-corrected chi connectivity index (χ3v) is 6.48. The monoisotopic (exact) mass is 459 g/mol. The van der Waals surface area contributed by atoms with Gasteiger partial charge in [0.15, 0.2) is 28.4 Å². The van der Waals surface area contributed by atoms with Crippen LogP contribution in [-0.2, 0) is 4.74 Å². The molecule has 3 N–H and O–H groups in total. The smallest absolute Gasteiger partial charge is 0.191 e. The van der Waals surface area contributed by atoms with E-state index in [0.717, 1.165) is 24.3 Å². The van der Waals surface area contributed by atoms with E-state index in [0.29, 0.717) is 28.7 Å². The van der Waals surface area contributed by atoms with Crippen LogP contribution in [0.4, 0.5) is 11.5 Å². The number of unbranched alkanes of at least 4 members (excludes halogenated alkanes) is 1. The van der Waals surface area contributed by atoms with Gasteiger partial charge >= 0.3 is 0 Å². The van der Waals surface area contributed by atoms with Gasteiger partial charge in [-0.3, -0.25) is 4.57 Å². The van der Waals surface area contributed by atoms with Crippen molar-refractivity contribution < 1.29 is 20.1 Å². The van der Waals surface area contributed by atoms with E-state index in [1.807, 2.05) is 37.3 Å². The Morgan fingerprint density at radius 3 is 2.56 bits per heavy atom. The van der Waals surface area contributed by atoms with Gasteiger partial charge in [-0.2, -0.15) is 0 Å². The Bertz CT molecular complexity index is 1030. The summed E-state index contributed by atoms with van der Waals surface area (Å²) < 4.78 is 7.35. The number of benzene rings is 1. The first-order valence-electron chi connectivity index (χ1n) is 10.9. The van der Waals surface area contributed by atoms with Crippen molar-refractivity contribution in [2.75, 3.05) is 23.8 Å². The first-order chi connectivity index (χ1) is 15.6. The predicted molar refractivity (Wildman–Crippen MR) is 123 cm³/mol. The number of hydrogen-bond donors (Lipinski definition) is 3. The van der Waals surface area contributed by atoms with Crippen molar-refractivity contribution in [1.82, 2.24) is 19.5 Å². The molecule has 3 heterocycles. The Kier molecular flexibility index (Phi) is 7.27. The molecular weight excluding hydrogens is 430 g/mol. The van der Waals surface area contributed by atoms with Crippen molar-refractivity contribution in [3.8, 4) is 0 Å². The van der Waals surface area contributed by atoms with Gasteiger partial charge in [0, 0.05) is 18.0 Å². The Hall–Kier alpha value is -2.24. The number of aliphatic hydroxyl groups excluding tert-OH is 3. The molecule has 10 heteroatoms. The number of hydrogen-bond acceptors (Lipinski definition) is 9. The summed E-state index contributed by atoms with van der Waals surface area (Å²) in [7, 11) is 0. The summed E-state index contributed by atoms with van der Waals surface area (Å²) in [5.74, 6) is 1.56. The van der Waals surface area contributed by atoms with E-state index in [1.165, 1.54) is 0 Å². The van der Waals surface area contributed by atoms with Crippen LogP contribution in [0, 0.1) is 0 Å². The molecule has 0 aliphatic carbocycles. The Labute approximate surface area is 191 Å². The van der Waals surface area contributed by atoms with Gasteiger partial charge in [-0.25, -0.2) is 15.0 Å². The number of ether oxygens (including phenoxy) is 1. The largest absolute Gasteiger partial charge is 0.394 e. The van der Waals surface area contributed by atoms with Gasteiger partial charge in [-0.05, 0) is 25.5 Å². The molecule has 3 aromatic rings. The highest BCUT2D eigenvalue weighted by molar-refractivity contribution is 7.99. The summed E-state index contributed by atoms with van der Waals surface area (Å²) in [6.07, 6.45) is -0.519. The molecule has 32 heavy (non-hydrogen) atoms. The molecular formula is C22H29N5O4S. The van der Waals surface area contributed by atoms with Crippen LogP contribution >= 0.6 is 11.8 Å². The van der Waals surface area contributed by atoms with Crippen LogP contribution in [0.25, 0.3) is 11.2 Å². The molecule has 1 fully saturated rings. The fourth-order valence-electron chi connectivity index (χ4n) is 3.80. The first-order valence-corrected chi connectivity index (χ1v) is 11.9. The summed E-state index contributed by atoms with van der Waals surface area (Å²) in [4.78, 5) is 16.2. The lowest BCUT2D eigenvalue weighted by Gasteiger charge is -2.23. The Morgan fingerprint density at radius 2 is 1.91 bits per heavy atom. The minimum Gasteiger partial charge on any atom is -0.394 e. The van der Waals surface area contributed by atoms with Crippen LogP contribution in [0.5, 0.6) is 0 Å². The number of aliphatic hydroxyl groups is 3. The maximum absolute atomic E-state index is 10.5. The molecule has 1 aromatic carbocycles. The van der Waals surface area contributed by atoms with Crippen molar-refractivity contribution in [2.24, 2.45) is 0 Å². The number of nitrogens with zero attached hydrogens (tertiary/aromatic N) is 5. The highest BCUT2D eigenvalue weighted by Gasteiger charge is 2.44. The third kappa shape index (κ3) is 4.33. The number of anilines is 2. The number of rotatable bonds is 9. The van der Waals surface area contributed by atoms with Gasteiger partial charge in [0.1, 0.15) is 18.3 Å². The average Bonchev–Trinajstić information content (AvgIpc) is 3.36. The van der Waals surface area contributed by atoms with Crippen molar-refractivity contribution in [2.45, 2.75) is 56.4 Å². The van der Waals surface area contributed by atoms with Gasteiger partial charge in [-0.15, -0.1) is 0 Å². The standard InChI is InChI=1S/C22H29N5O4S/c1-3-5-11-32-22-24-19(26(4-2)14-9-7-6-8-10-14)16-20(25-22)27(13-23-16)21-18(30)17(29)15(12-28)31-21/h6-10,13,15,17-18,21,28-30H,3-5,11-12H2,1-2H3/t15-,17-,18-,21-/m1/s1. The molecule has 4 rings (SSSR count). The molecule has 4 atom stereocenters. The SMILES string of the molecule is CCCCSc1nc(N(CC)c2ccccc2)c2ncn([C@@H]3O[C@H](CO)[C@@H](O)[C@H]3O)c2n1. The van der Waals surface area contributed by atoms with E-state index in [1.54, 1.807) is 22.7 Å². The Morgan fingerprint density at radius 1 is 1.12 bits per heavy atom. The molecule has 0 saturated carbocycles. The number of para-hydroxylation sites is 1. The molecule has 0 amide bonds. The molecule has 9 nitrogen and oxygen atoms in total. The third-order valence-electron chi connectivity index (χ3n) is 5.54. The van der Waals surface area contributed by atoms with E-state index in [4.69, 9.17) is 14.7 Å². The molecule has 1 aliphatic heterocycles. The molecule has 2 aromatic heterocycles. The lowest BCUT2D eigenvalue weighted by molar-refractivity contribution is -0.0511. The highest BCUT2D eigenvalue weighted by Crippen LogP contribution is 2.35. The maximum atomic E-state index is 10.5. The Balaban J connectivity index is 1.81. The van der Waals surface area contributed by atoms with Crippen LogP contribution < -0.4 is 4.90 Å². The quantitative estimate of drug-likeness (QED) is 0.252. The summed E-state index contributed by atoms with van der Waals surface area (Å²) in [6, 6.07) is 9.96. The predicted octanol–water partition coefficient (Wildman–Crippen LogP) is 2.49. The average molecular weight is 460 g/mol. The van der Waals surface area contributed by atoms with Crippen LogP contribution in [-0.4, -0.2) is 72.1 Å². The second-order valence-electron chi connectivity index (χ2n) is 7.66. The zero-order valence-corrected chi connectivity index (χ0v) is 19.0. The molecule has 172 valence electrons. The van der Waals surface area contributed by atoms with Crippen LogP contribution in [0.3, 0.4) is 0 Å². The molecule has 0 radical (unpaired) electrons. The summed E-state index contributed by atoms with van der Waals surface area (Å²) in [6.45, 7) is 4.47. The van der Waals surface area contributed by atoms with Gasteiger partial charge < -0.3 is 25.0 Å². The second-order valence-corrected chi connectivity index (χ2v) is 8.73. The van der Waals surface area contributed by atoms with Gasteiger partial charge in [0.25, 0.3) is 0 Å². The number of imidazole rings is 1. The lowest BCUT2D eigenvalue weighted by atomic mass is 10.1. The number of fused-ring (bicyclic) bond motifs is 1. The highest BCUT2D eigenvalue weighted by atomic mass is 32.2. The molecule has 0 spiro atoms. The van der Waals surface area contributed by atoms with Gasteiger partial charge in [-0.1, -0.05) is 43.3 Å².